The number of hydrogen-bond donors (Lipinski definition) is 1. The lowest BCUT2D eigenvalue weighted by atomic mass is 9.92. The van der Waals surface area contributed by atoms with Gasteiger partial charge in [0.1, 0.15) is 5.67 Å². The highest BCUT2D eigenvalue weighted by Crippen LogP contribution is 2.21. The van der Waals surface area contributed by atoms with E-state index in [-0.39, 0.29) is 6.04 Å². The van der Waals surface area contributed by atoms with Crippen LogP contribution < -0.4 is 5.32 Å². The third-order valence-electron chi connectivity index (χ3n) is 1.66. The lowest BCUT2D eigenvalue weighted by Gasteiger charge is -2.39. The number of hydrogen-bond acceptors (Lipinski definition) is 1. The second-order valence-electron chi connectivity index (χ2n) is 2.38. The zero-order valence-electron chi connectivity index (χ0n) is 4.66. The van der Waals surface area contributed by atoms with Crippen molar-refractivity contribution in [2.45, 2.75) is 25.6 Å². The minimum Gasteiger partial charge on any atom is -0.308 e. The van der Waals surface area contributed by atoms with Crippen LogP contribution in [0.4, 0.5) is 4.39 Å². The van der Waals surface area contributed by atoms with Crippen LogP contribution in [0.15, 0.2) is 0 Å². The van der Waals surface area contributed by atoms with Crippen molar-refractivity contribution in [1.29, 1.82) is 0 Å². The number of alkyl halides is 1. The molecule has 0 aromatic heterocycles. The van der Waals surface area contributed by atoms with Crippen LogP contribution in [-0.4, -0.2) is 18.3 Å². The van der Waals surface area contributed by atoms with Crippen molar-refractivity contribution in [2.24, 2.45) is 0 Å². The number of halogens is 1. The first-order valence-electron chi connectivity index (χ1n) is 2.55. The summed E-state index contributed by atoms with van der Waals surface area (Å²) in [5, 5.41) is 2.92. The Bertz CT molecular complexity index is 80.1. The van der Waals surface area contributed by atoms with Crippen molar-refractivity contribution in [3.63, 3.8) is 0 Å². The van der Waals surface area contributed by atoms with E-state index in [9.17, 15) is 4.39 Å². The van der Waals surface area contributed by atoms with Gasteiger partial charge in [-0.1, -0.05) is 0 Å². The van der Waals surface area contributed by atoms with Crippen molar-refractivity contribution >= 4 is 0 Å². The van der Waals surface area contributed by atoms with E-state index in [1.54, 1.807) is 6.92 Å². The highest BCUT2D eigenvalue weighted by Gasteiger charge is 2.39. The molecule has 42 valence electrons. The maximum absolute atomic E-state index is 12.5. The number of nitrogens with one attached hydrogen (secondary N) is 1. The van der Waals surface area contributed by atoms with Crippen molar-refractivity contribution in [1.82, 2.24) is 5.32 Å². The molecule has 1 aliphatic rings. The van der Waals surface area contributed by atoms with Crippen LogP contribution in [0.25, 0.3) is 0 Å². The molecule has 0 aromatic carbocycles. The largest absolute Gasteiger partial charge is 0.308 e. The molecule has 0 bridgehead atoms. The van der Waals surface area contributed by atoms with Gasteiger partial charge in [0.05, 0.1) is 0 Å². The second-order valence-corrected chi connectivity index (χ2v) is 2.38. The molecule has 1 nitrogen and oxygen atoms in total. The maximum Gasteiger partial charge on any atom is 0.135 e. The van der Waals surface area contributed by atoms with Crippen LogP contribution in [0.2, 0.25) is 0 Å². The summed E-state index contributed by atoms with van der Waals surface area (Å²) < 4.78 is 12.5. The summed E-state index contributed by atoms with van der Waals surface area (Å²) in [5.74, 6) is 0. The summed E-state index contributed by atoms with van der Waals surface area (Å²) in [7, 11) is 0. The molecule has 1 unspecified atom stereocenters. The lowest BCUT2D eigenvalue weighted by molar-refractivity contribution is 0.0569. The minimum absolute atomic E-state index is 0.0625. The van der Waals surface area contributed by atoms with Gasteiger partial charge in [0, 0.05) is 12.6 Å². The third-order valence-corrected chi connectivity index (χ3v) is 1.66. The van der Waals surface area contributed by atoms with Crippen LogP contribution in [0.1, 0.15) is 13.8 Å². The molecule has 1 rings (SSSR count). The Labute approximate surface area is 42.9 Å². The molecule has 1 aliphatic heterocycles. The summed E-state index contributed by atoms with van der Waals surface area (Å²) in [6.45, 7) is 3.99. The SMILES string of the molecule is C[C@H]1NCC1(C)F. The van der Waals surface area contributed by atoms with E-state index in [1.807, 2.05) is 6.92 Å². The van der Waals surface area contributed by atoms with Gasteiger partial charge in [0.2, 0.25) is 0 Å². The molecule has 7 heavy (non-hydrogen) atoms. The Morgan fingerprint density at radius 2 is 2.29 bits per heavy atom. The fraction of sp³-hybridized carbons (Fsp3) is 1.00. The molecule has 0 radical (unpaired) electrons. The maximum atomic E-state index is 12.5. The van der Waals surface area contributed by atoms with Crippen LogP contribution in [0, 0.1) is 0 Å². The van der Waals surface area contributed by atoms with Crippen LogP contribution >= 0.6 is 0 Å². The van der Waals surface area contributed by atoms with Gasteiger partial charge in [-0.25, -0.2) is 4.39 Å². The number of rotatable bonds is 0. The summed E-state index contributed by atoms with van der Waals surface area (Å²) >= 11 is 0. The first-order valence-corrected chi connectivity index (χ1v) is 2.55. The average Bonchev–Trinajstić information content (AvgIpc) is 1.63. The average molecular weight is 103 g/mol. The predicted octanol–water partition coefficient (Wildman–Crippen LogP) is 0.706. The summed E-state index contributed by atoms with van der Waals surface area (Å²) in [4.78, 5) is 0. The van der Waals surface area contributed by atoms with Gasteiger partial charge < -0.3 is 5.32 Å². The van der Waals surface area contributed by atoms with E-state index in [4.69, 9.17) is 0 Å². The van der Waals surface area contributed by atoms with Crippen LogP contribution in [0.3, 0.4) is 0 Å². The monoisotopic (exact) mass is 103 g/mol. The van der Waals surface area contributed by atoms with E-state index in [1.165, 1.54) is 0 Å². The lowest BCUT2D eigenvalue weighted by Crippen LogP contribution is -2.61. The van der Waals surface area contributed by atoms with Gasteiger partial charge in [-0.3, -0.25) is 0 Å². The van der Waals surface area contributed by atoms with Gasteiger partial charge in [0.15, 0.2) is 0 Å². The molecule has 0 aromatic rings. The van der Waals surface area contributed by atoms with Gasteiger partial charge in [-0.05, 0) is 13.8 Å². The third kappa shape index (κ3) is 0.630. The Kier molecular flexibility index (Phi) is 0.854. The molecule has 1 saturated heterocycles. The Morgan fingerprint density at radius 3 is 2.29 bits per heavy atom. The quantitative estimate of drug-likeness (QED) is 0.476. The highest BCUT2D eigenvalue weighted by atomic mass is 19.1. The normalized spacial score (nSPS) is 51.0. The smallest absolute Gasteiger partial charge is 0.135 e. The summed E-state index contributed by atoms with van der Waals surface area (Å²) in [6.07, 6.45) is 0. The molecule has 0 spiro atoms. The molecule has 1 fully saturated rings. The summed E-state index contributed by atoms with van der Waals surface area (Å²) in [6, 6.07) is 0.0625. The highest BCUT2D eigenvalue weighted by molar-refractivity contribution is 4.96. The van der Waals surface area contributed by atoms with E-state index >= 15 is 0 Å². The topological polar surface area (TPSA) is 12.0 Å². The molecule has 2 heteroatoms. The molecule has 0 saturated carbocycles. The second kappa shape index (κ2) is 1.19. The molecule has 0 amide bonds. The van der Waals surface area contributed by atoms with Crippen LogP contribution in [0.5, 0.6) is 0 Å². The zero-order valence-corrected chi connectivity index (χ0v) is 4.66. The molecule has 2 atom stereocenters. The van der Waals surface area contributed by atoms with Gasteiger partial charge >= 0.3 is 0 Å². The van der Waals surface area contributed by atoms with Gasteiger partial charge in [-0.2, -0.15) is 0 Å². The zero-order chi connectivity index (χ0) is 5.49. The van der Waals surface area contributed by atoms with Gasteiger partial charge in [0.25, 0.3) is 0 Å². The minimum atomic E-state index is -0.931. The molecule has 1 N–H and O–H groups in total. The van der Waals surface area contributed by atoms with Gasteiger partial charge in [-0.15, -0.1) is 0 Å². The molecular weight excluding hydrogens is 93.1 g/mol. The first-order chi connectivity index (χ1) is 3.13. The van der Waals surface area contributed by atoms with E-state index in [0.717, 1.165) is 0 Å². The van der Waals surface area contributed by atoms with E-state index in [0.29, 0.717) is 6.54 Å². The molecule has 1 heterocycles. The predicted molar refractivity (Wildman–Crippen MR) is 27.0 cm³/mol. The van der Waals surface area contributed by atoms with Crippen molar-refractivity contribution in [3.8, 4) is 0 Å². The van der Waals surface area contributed by atoms with Crippen molar-refractivity contribution in [2.75, 3.05) is 6.54 Å². The Morgan fingerprint density at radius 1 is 1.86 bits per heavy atom. The summed E-state index contributed by atoms with van der Waals surface area (Å²) in [5.41, 5.74) is -0.931. The Hall–Kier alpha value is -0.110. The van der Waals surface area contributed by atoms with Crippen LogP contribution in [-0.2, 0) is 0 Å². The van der Waals surface area contributed by atoms with E-state index in [2.05, 4.69) is 5.32 Å². The standard InChI is InChI=1S/C5H10FN/c1-4-5(2,6)3-7-4/h4,7H,3H2,1-2H3/t4-,5?/m1/s1. The Balaban J connectivity index is 2.43. The fourth-order valence-electron chi connectivity index (χ4n) is 0.587. The van der Waals surface area contributed by atoms with E-state index < -0.39 is 5.67 Å². The molecule has 0 aliphatic carbocycles. The van der Waals surface area contributed by atoms with Crippen molar-refractivity contribution < 1.29 is 4.39 Å². The first kappa shape index (κ1) is 5.04. The molecular formula is C5H10FN. The van der Waals surface area contributed by atoms with Crippen molar-refractivity contribution in [3.05, 3.63) is 0 Å². The fourth-order valence-corrected chi connectivity index (χ4v) is 0.587.